The zero-order valence-corrected chi connectivity index (χ0v) is 19.4. The van der Waals surface area contributed by atoms with E-state index in [-0.39, 0.29) is 0 Å². The summed E-state index contributed by atoms with van der Waals surface area (Å²) in [6, 6.07) is 14.5. The molecule has 1 aromatic carbocycles. The quantitative estimate of drug-likeness (QED) is 0.385. The van der Waals surface area contributed by atoms with E-state index in [1.807, 2.05) is 32.4 Å². The first-order valence-corrected chi connectivity index (χ1v) is 10.8. The van der Waals surface area contributed by atoms with E-state index >= 15 is 0 Å². The van der Waals surface area contributed by atoms with Gasteiger partial charge in [-0.05, 0) is 69.0 Å². The molecule has 0 fully saturated rings. The molecular formula is C21H32BrN5S. The van der Waals surface area contributed by atoms with Crippen molar-refractivity contribution in [2.24, 2.45) is 0 Å². The normalized spacial score (nSPS) is 9.86. The lowest BCUT2D eigenvalue weighted by Crippen LogP contribution is -2.37. The molecule has 7 heteroatoms. The molecule has 0 radical (unpaired) electrons. The van der Waals surface area contributed by atoms with Gasteiger partial charge in [0.1, 0.15) is 5.82 Å². The maximum atomic E-state index is 5.26. The Morgan fingerprint density at radius 2 is 1.75 bits per heavy atom. The molecule has 2 aromatic rings. The molecule has 2 rings (SSSR count). The largest absolute Gasteiger partial charge is 0.363 e. The Morgan fingerprint density at radius 3 is 2.36 bits per heavy atom. The van der Waals surface area contributed by atoms with Crippen LogP contribution >= 0.6 is 28.1 Å². The van der Waals surface area contributed by atoms with E-state index in [1.54, 1.807) is 0 Å². The average Bonchev–Trinajstić information content (AvgIpc) is 2.71. The highest BCUT2D eigenvalue weighted by molar-refractivity contribution is 9.10. The Kier molecular flexibility index (Phi) is 13.3. The maximum absolute atomic E-state index is 5.26. The van der Waals surface area contributed by atoms with Crippen LogP contribution in [0.4, 0.5) is 5.82 Å². The Bertz CT molecular complexity index is 652. The molecule has 0 saturated heterocycles. The van der Waals surface area contributed by atoms with Crippen LogP contribution in [0.1, 0.15) is 25.3 Å². The van der Waals surface area contributed by atoms with Crippen LogP contribution in [0.25, 0.3) is 0 Å². The highest BCUT2D eigenvalue weighted by atomic mass is 79.9. The molecule has 0 spiro atoms. The van der Waals surface area contributed by atoms with Crippen LogP contribution in [0.2, 0.25) is 0 Å². The van der Waals surface area contributed by atoms with Gasteiger partial charge < -0.3 is 20.9 Å². The van der Waals surface area contributed by atoms with Crippen molar-refractivity contribution in [3.8, 4) is 0 Å². The van der Waals surface area contributed by atoms with Crippen molar-refractivity contribution < 1.29 is 0 Å². The summed E-state index contributed by atoms with van der Waals surface area (Å²) in [5, 5.41) is 9.94. The molecule has 0 aliphatic rings. The second kappa shape index (κ2) is 15.2. The van der Waals surface area contributed by atoms with E-state index in [1.165, 1.54) is 5.56 Å². The number of pyridine rings is 1. The van der Waals surface area contributed by atoms with Gasteiger partial charge in [0.15, 0.2) is 5.11 Å². The van der Waals surface area contributed by atoms with Gasteiger partial charge in [0.05, 0.1) is 0 Å². The van der Waals surface area contributed by atoms with Crippen LogP contribution in [-0.2, 0) is 6.54 Å². The van der Waals surface area contributed by atoms with Crippen molar-refractivity contribution in [2.75, 3.05) is 38.6 Å². The number of hydrogen-bond donors (Lipinski definition) is 3. The van der Waals surface area contributed by atoms with Crippen LogP contribution in [0.15, 0.2) is 53.1 Å². The summed E-state index contributed by atoms with van der Waals surface area (Å²) in [6.07, 6.45) is 3.90. The molecule has 1 aromatic heterocycles. The van der Waals surface area contributed by atoms with Gasteiger partial charge in [-0.3, -0.25) is 0 Å². The molecule has 5 nitrogen and oxygen atoms in total. The van der Waals surface area contributed by atoms with E-state index < -0.39 is 0 Å². The van der Waals surface area contributed by atoms with E-state index in [2.05, 4.69) is 79.0 Å². The first kappa shape index (κ1) is 24.3. The highest BCUT2D eigenvalue weighted by Crippen LogP contribution is 2.16. The zero-order valence-electron chi connectivity index (χ0n) is 17.0. The molecule has 0 unspecified atom stereocenters. The zero-order chi connectivity index (χ0) is 20.6. The molecule has 0 amide bonds. The van der Waals surface area contributed by atoms with Crippen LogP contribution < -0.4 is 20.9 Å². The maximum Gasteiger partial charge on any atom is 0.166 e. The van der Waals surface area contributed by atoms with E-state index in [9.17, 15) is 0 Å². The Hall–Kier alpha value is -1.70. The monoisotopic (exact) mass is 465 g/mol. The number of halogens is 1. The molecule has 154 valence electrons. The van der Waals surface area contributed by atoms with Gasteiger partial charge in [0.2, 0.25) is 0 Å². The summed E-state index contributed by atoms with van der Waals surface area (Å²) in [5.41, 5.74) is 1.27. The number of thiocarbonyl (C=S) groups is 1. The fourth-order valence-electron chi connectivity index (χ4n) is 2.40. The van der Waals surface area contributed by atoms with Crippen molar-refractivity contribution in [3.63, 3.8) is 0 Å². The Morgan fingerprint density at radius 1 is 1.07 bits per heavy atom. The number of rotatable bonds is 9. The SMILES string of the molecule is CCCNC(=S)NCCCN(Cc1ccc(Br)cc1)c1ccccn1.CNC. The fraction of sp³-hybridized carbons (Fsp3) is 0.429. The van der Waals surface area contributed by atoms with Gasteiger partial charge in [-0.15, -0.1) is 0 Å². The predicted octanol–water partition coefficient (Wildman–Crippen LogP) is 3.95. The Balaban J connectivity index is 0.00000122. The van der Waals surface area contributed by atoms with E-state index in [4.69, 9.17) is 12.2 Å². The van der Waals surface area contributed by atoms with Gasteiger partial charge in [-0.1, -0.05) is 41.1 Å². The molecule has 0 aliphatic carbocycles. The summed E-state index contributed by atoms with van der Waals surface area (Å²) in [7, 11) is 3.75. The molecular weight excluding hydrogens is 434 g/mol. The second-order valence-electron chi connectivity index (χ2n) is 6.27. The highest BCUT2D eigenvalue weighted by Gasteiger charge is 2.08. The number of benzene rings is 1. The van der Waals surface area contributed by atoms with Crippen LogP contribution in [-0.4, -0.2) is 43.8 Å². The molecule has 0 aliphatic heterocycles. The molecule has 28 heavy (non-hydrogen) atoms. The summed E-state index contributed by atoms with van der Waals surface area (Å²) >= 11 is 8.74. The number of anilines is 1. The van der Waals surface area contributed by atoms with Crippen molar-refractivity contribution in [1.29, 1.82) is 0 Å². The van der Waals surface area contributed by atoms with Crippen LogP contribution in [0.5, 0.6) is 0 Å². The lowest BCUT2D eigenvalue weighted by Gasteiger charge is -2.24. The number of nitrogens with zero attached hydrogens (tertiary/aromatic N) is 2. The minimum Gasteiger partial charge on any atom is -0.363 e. The first-order chi connectivity index (χ1) is 13.6. The topological polar surface area (TPSA) is 52.2 Å². The van der Waals surface area contributed by atoms with Crippen LogP contribution in [0.3, 0.4) is 0 Å². The Labute approximate surface area is 183 Å². The summed E-state index contributed by atoms with van der Waals surface area (Å²) < 4.78 is 1.10. The standard InChI is InChI=1S/C19H25BrN4S.C2H7N/c1-2-11-22-19(25)23-13-5-14-24(18-6-3-4-12-21-18)15-16-7-9-17(20)10-8-16;1-3-2/h3-4,6-10,12H,2,5,11,13-15H2,1H3,(H2,22,23,25);3H,1-2H3. The predicted molar refractivity (Wildman–Crippen MR) is 128 cm³/mol. The summed E-state index contributed by atoms with van der Waals surface area (Å²) in [4.78, 5) is 6.80. The second-order valence-corrected chi connectivity index (χ2v) is 7.60. The average molecular weight is 466 g/mol. The first-order valence-electron chi connectivity index (χ1n) is 9.61. The van der Waals surface area contributed by atoms with Gasteiger partial charge in [-0.2, -0.15) is 0 Å². The van der Waals surface area contributed by atoms with Crippen molar-refractivity contribution >= 4 is 39.1 Å². The smallest absolute Gasteiger partial charge is 0.166 e. The lowest BCUT2D eigenvalue weighted by molar-refractivity contribution is 0.695. The lowest BCUT2D eigenvalue weighted by atomic mass is 10.2. The summed E-state index contributed by atoms with van der Waals surface area (Å²) in [6.45, 7) is 5.64. The number of nitrogens with one attached hydrogen (secondary N) is 3. The molecule has 3 N–H and O–H groups in total. The number of aromatic nitrogens is 1. The molecule has 0 bridgehead atoms. The number of hydrogen-bond acceptors (Lipinski definition) is 4. The van der Waals surface area contributed by atoms with Crippen LogP contribution in [0, 0.1) is 0 Å². The van der Waals surface area contributed by atoms with Crippen molar-refractivity contribution in [3.05, 3.63) is 58.7 Å². The molecule has 0 saturated carbocycles. The molecule has 1 heterocycles. The third-order valence-electron chi connectivity index (χ3n) is 3.69. The van der Waals surface area contributed by atoms with E-state index in [0.29, 0.717) is 0 Å². The third-order valence-corrected chi connectivity index (χ3v) is 4.50. The van der Waals surface area contributed by atoms with E-state index in [0.717, 1.165) is 54.4 Å². The van der Waals surface area contributed by atoms with Gasteiger partial charge in [-0.25, -0.2) is 4.98 Å². The van der Waals surface area contributed by atoms with Gasteiger partial charge >= 0.3 is 0 Å². The van der Waals surface area contributed by atoms with Crippen molar-refractivity contribution in [1.82, 2.24) is 20.9 Å². The van der Waals surface area contributed by atoms with Gasteiger partial charge in [0, 0.05) is 36.8 Å². The third kappa shape index (κ3) is 10.6. The minimum atomic E-state index is 0.735. The minimum absolute atomic E-state index is 0.735. The van der Waals surface area contributed by atoms with Crippen molar-refractivity contribution in [2.45, 2.75) is 26.3 Å². The van der Waals surface area contributed by atoms with Gasteiger partial charge in [0.25, 0.3) is 0 Å². The summed E-state index contributed by atoms with van der Waals surface area (Å²) in [5.74, 6) is 0.997. The molecule has 0 atom stereocenters. The fourth-order valence-corrected chi connectivity index (χ4v) is 2.87.